The van der Waals surface area contributed by atoms with E-state index in [-0.39, 0.29) is 6.41 Å². The number of nitrogens with zero attached hydrogens (tertiary/aromatic N) is 2. The summed E-state index contributed by atoms with van der Waals surface area (Å²) in [6, 6.07) is 0. The van der Waals surface area contributed by atoms with Crippen LogP contribution in [0.3, 0.4) is 0 Å². The molecule has 1 aromatic rings. The molecule has 82 valence electrons. The third kappa shape index (κ3) is 2.76. The smallest absolute Gasteiger partial charge is 0.351 e. The molecule has 0 saturated carbocycles. The molecular formula is C6H4F3N3O3. The highest BCUT2D eigenvalue weighted by Crippen LogP contribution is 2.27. The van der Waals surface area contributed by atoms with Crippen LogP contribution >= 0.6 is 0 Å². The molecule has 0 aliphatic rings. The van der Waals surface area contributed by atoms with Crippen molar-refractivity contribution < 1.29 is 27.3 Å². The topological polar surface area (TPSA) is 85.1 Å². The van der Waals surface area contributed by atoms with Crippen LogP contribution in [0.4, 0.5) is 13.2 Å². The van der Waals surface area contributed by atoms with Crippen molar-refractivity contribution in [3.63, 3.8) is 0 Å². The molecule has 0 saturated heterocycles. The number of hydrogen-bond acceptors (Lipinski definition) is 5. The molecule has 0 aromatic carbocycles. The summed E-state index contributed by atoms with van der Waals surface area (Å²) in [6.07, 6.45) is -4.56. The van der Waals surface area contributed by atoms with Gasteiger partial charge in [-0.25, -0.2) is 0 Å². The summed E-state index contributed by atoms with van der Waals surface area (Å²) in [5.74, 6) is -3.20. The predicted molar refractivity (Wildman–Crippen MR) is 37.7 cm³/mol. The first-order valence-corrected chi connectivity index (χ1v) is 3.56. The highest BCUT2D eigenvalue weighted by Gasteiger charge is 2.39. The monoisotopic (exact) mass is 223 g/mol. The molecule has 1 amide bonds. The van der Waals surface area contributed by atoms with E-state index in [1.54, 1.807) is 0 Å². The van der Waals surface area contributed by atoms with Crippen molar-refractivity contribution in [3.8, 4) is 0 Å². The van der Waals surface area contributed by atoms with Gasteiger partial charge in [-0.1, -0.05) is 5.16 Å². The molecule has 1 aromatic heterocycles. The molecule has 1 N–H and O–H groups in total. The van der Waals surface area contributed by atoms with Crippen LogP contribution in [0.15, 0.2) is 4.52 Å². The molecule has 0 radical (unpaired) electrons. The molecule has 0 aliphatic carbocycles. The summed E-state index contributed by atoms with van der Waals surface area (Å²) >= 11 is 0. The average Bonchev–Trinajstić information content (AvgIpc) is 2.62. The van der Waals surface area contributed by atoms with Gasteiger partial charge in [-0.3, -0.25) is 9.59 Å². The van der Waals surface area contributed by atoms with E-state index in [0.29, 0.717) is 0 Å². The van der Waals surface area contributed by atoms with E-state index < -0.39 is 30.2 Å². The van der Waals surface area contributed by atoms with Crippen LogP contribution in [0, 0.1) is 0 Å². The highest BCUT2D eigenvalue weighted by atomic mass is 19.4. The third-order valence-electron chi connectivity index (χ3n) is 1.26. The van der Waals surface area contributed by atoms with Crippen molar-refractivity contribution in [1.82, 2.24) is 15.5 Å². The first-order chi connectivity index (χ1) is 6.95. The fourth-order valence-electron chi connectivity index (χ4n) is 0.665. The van der Waals surface area contributed by atoms with E-state index in [9.17, 15) is 22.8 Å². The Kier molecular flexibility index (Phi) is 3.02. The Morgan fingerprint density at radius 1 is 1.53 bits per heavy atom. The molecule has 1 heterocycles. The number of halogens is 3. The zero-order valence-corrected chi connectivity index (χ0v) is 7.04. The lowest BCUT2D eigenvalue weighted by atomic mass is 10.4. The molecule has 0 atom stereocenters. The second-order valence-corrected chi connectivity index (χ2v) is 2.34. The molecule has 9 heteroatoms. The lowest BCUT2D eigenvalue weighted by Gasteiger charge is -1.95. The Morgan fingerprint density at radius 2 is 2.20 bits per heavy atom. The van der Waals surface area contributed by atoms with Crippen LogP contribution in [-0.4, -0.2) is 28.9 Å². The largest absolute Gasteiger partial charge is 0.471 e. The maximum Gasteiger partial charge on any atom is 0.471 e. The molecule has 0 bridgehead atoms. The summed E-state index contributed by atoms with van der Waals surface area (Å²) in [4.78, 5) is 23.6. The number of rotatable bonds is 4. The van der Waals surface area contributed by atoms with Gasteiger partial charge in [0, 0.05) is 0 Å². The minimum Gasteiger partial charge on any atom is -0.351 e. The van der Waals surface area contributed by atoms with E-state index in [4.69, 9.17) is 0 Å². The number of carbonyl (C=O) groups excluding carboxylic acids is 2. The predicted octanol–water partition coefficient (Wildman–Crippen LogP) is 0.0171. The SMILES string of the molecule is O=CNCC(=O)c1noc(C(F)(F)F)n1. The number of aromatic nitrogens is 2. The summed E-state index contributed by atoms with van der Waals surface area (Å²) < 4.78 is 39.6. The van der Waals surface area contributed by atoms with Gasteiger partial charge in [0.15, 0.2) is 0 Å². The zero-order valence-electron chi connectivity index (χ0n) is 7.04. The second-order valence-electron chi connectivity index (χ2n) is 2.34. The molecule has 0 unspecified atom stereocenters. The normalized spacial score (nSPS) is 11.1. The van der Waals surface area contributed by atoms with Crippen LogP contribution in [0.1, 0.15) is 16.5 Å². The van der Waals surface area contributed by atoms with Crippen LogP contribution in [0.5, 0.6) is 0 Å². The lowest BCUT2D eigenvalue weighted by Crippen LogP contribution is -2.22. The van der Waals surface area contributed by atoms with Crippen LogP contribution in [0.2, 0.25) is 0 Å². The fourth-order valence-corrected chi connectivity index (χ4v) is 0.665. The molecular weight excluding hydrogens is 219 g/mol. The number of ketones is 1. The van der Waals surface area contributed by atoms with Gasteiger partial charge in [-0.15, -0.1) is 0 Å². The van der Waals surface area contributed by atoms with E-state index in [1.165, 1.54) is 0 Å². The number of alkyl halides is 3. The van der Waals surface area contributed by atoms with E-state index >= 15 is 0 Å². The third-order valence-corrected chi connectivity index (χ3v) is 1.26. The van der Waals surface area contributed by atoms with Crippen molar-refractivity contribution in [1.29, 1.82) is 0 Å². The van der Waals surface area contributed by atoms with Crippen molar-refractivity contribution in [2.45, 2.75) is 6.18 Å². The van der Waals surface area contributed by atoms with Crippen LogP contribution in [0.25, 0.3) is 0 Å². The van der Waals surface area contributed by atoms with Gasteiger partial charge in [-0.2, -0.15) is 18.2 Å². The van der Waals surface area contributed by atoms with Gasteiger partial charge in [0.1, 0.15) is 0 Å². The number of Topliss-reactive ketones (excluding diaryl/α,β-unsaturated/α-hetero) is 1. The van der Waals surface area contributed by atoms with Gasteiger partial charge < -0.3 is 9.84 Å². The van der Waals surface area contributed by atoms with Gasteiger partial charge in [-0.05, 0) is 0 Å². The average molecular weight is 223 g/mol. The van der Waals surface area contributed by atoms with Crippen molar-refractivity contribution in [2.75, 3.05) is 6.54 Å². The number of carbonyl (C=O) groups is 2. The van der Waals surface area contributed by atoms with Crippen LogP contribution < -0.4 is 5.32 Å². The maximum absolute atomic E-state index is 11.9. The van der Waals surface area contributed by atoms with Gasteiger partial charge in [0.25, 0.3) is 0 Å². The van der Waals surface area contributed by atoms with Crippen LogP contribution in [-0.2, 0) is 11.0 Å². The van der Waals surface area contributed by atoms with Crippen molar-refractivity contribution in [3.05, 3.63) is 11.7 Å². The van der Waals surface area contributed by atoms with Gasteiger partial charge in [0.2, 0.25) is 18.0 Å². The van der Waals surface area contributed by atoms with Crippen molar-refractivity contribution in [2.24, 2.45) is 0 Å². The number of hydrogen-bond donors (Lipinski definition) is 1. The van der Waals surface area contributed by atoms with Crippen molar-refractivity contribution >= 4 is 12.2 Å². The van der Waals surface area contributed by atoms with E-state index in [2.05, 4.69) is 14.7 Å². The summed E-state index contributed by atoms with van der Waals surface area (Å²) in [7, 11) is 0. The summed E-state index contributed by atoms with van der Waals surface area (Å²) in [5.41, 5.74) is 0. The Labute approximate surface area is 80.4 Å². The standard InChI is InChI=1S/C6H4F3N3O3/c7-6(8,9)5-11-4(12-15-5)3(14)1-10-2-13/h2H,1H2,(H,10,13). The molecule has 0 fully saturated rings. The number of nitrogens with one attached hydrogen (secondary N) is 1. The second kappa shape index (κ2) is 4.07. The van der Waals surface area contributed by atoms with E-state index in [0.717, 1.165) is 0 Å². The fraction of sp³-hybridized carbons (Fsp3) is 0.333. The first kappa shape index (κ1) is 11.1. The maximum atomic E-state index is 11.9. The molecule has 0 aliphatic heterocycles. The molecule has 6 nitrogen and oxygen atoms in total. The first-order valence-electron chi connectivity index (χ1n) is 3.56. The van der Waals surface area contributed by atoms with Gasteiger partial charge in [0.05, 0.1) is 6.54 Å². The minimum absolute atomic E-state index is 0.225. The van der Waals surface area contributed by atoms with Gasteiger partial charge >= 0.3 is 12.1 Å². The lowest BCUT2D eigenvalue weighted by molar-refractivity contribution is -0.159. The summed E-state index contributed by atoms with van der Waals surface area (Å²) in [6.45, 7) is -0.486. The highest BCUT2D eigenvalue weighted by molar-refractivity contribution is 5.94. The Hall–Kier alpha value is -1.93. The Morgan fingerprint density at radius 3 is 2.67 bits per heavy atom. The molecule has 1 rings (SSSR count). The Bertz CT molecular complexity index is 373. The Balaban J connectivity index is 2.76. The molecule has 0 spiro atoms. The quantitative estimate of drug-likeness (QED) is 0.574. The summed E-state index contributed by atoms with van der Waals surface area (Å²) in [5, 5.41) is 4.79. The minimum atomic E-state index is -4.79. The van der Waals surface area contributed by atoms with E-state index in [1.807, 2.05) is 5.32 Å². The zero-order chi connectivity index (χ0) is 11.5. The number of amides is 1. The molecule has 15 heavy (non-hydrogen) atoms.